The van der Waals surface area contributed by atoms with Crippen LogP contribution in [0.15, 0.2) is 29.2 Å². The zero-order valence-corrected chi connectivity index (χ0v) is 18.2. The molecule has 0 aliphatic carbocycles. The summed E-state index contributed by atoms with van der Waals surface area (Å²) in [6.45, 7) is 1.25. The highest BCUT2D eigenvalue weighted by Gasteiger charge is 2.31. The van der Waals surface area contributed by atoms with Crippen LogP contribution < -0.4 is 10.9 Å². The SMILES string of the molecule is Cc1ccc(S(=O)(=O)N(C)CC(=O)NNC(=O)CN(C)[C@H]2CCS(=O)(=O)C2)cc1. The standard InChI is InChI=1S/C17H26N4O6S2/c1-13-4-6-15(7-5-13)29(26,27)21(3)11-17(23)19-18-16(22)10-20(2)14-8-9-28(24,25)12-14/h4-7,14H,8-12H2,1-3H3,(H,18,22)(H,19,23)/t14-/m0/s1. The monoisotopic (exact) mass is 446 g/mol. The molecule has 0 unspecified atom stereocenters. The minimum absolute atomic E-state index is 0.00477. The molecule has 1 saturated heterocycles. The van der Waals surface area contributed by atoms with Gasteiger partial charge in [-0.3, -0.25) is 25.3 Å². The second-order valence-corrected chi connectivity index (χ2v) is 11.4. The first kappa shape index (κ1) is 23.3. The Bertz CT molecular complexity index is 960. The van der Waals surface area contributed by atoms with Crippen molar-refractivity contribution >= 4 is 31.7 Å². The molecule has 12 heteroatoms. The molecule has 162 valence electrons. The quantitative estimate of drug-likeness (QED) is 0.507. The molecule has 1 heterocycles. The molecule has 2 rings (SSSR count). The summed E-state index contributed by atoms with van der Waals surface area (Å²) < 4.78 is 48.8. The number of hydrogen-bond acceptors (Lipinski definition) is 7. The van der Waals surface area contributed by atoms with Crippen LogP contribution in [-0.2, 0) is 29.4 Å². The number of likely N-dealkylation sites (N-methyl/N-ethyl adjacent to an activating group) is 2. The number of nitrogens with zero attached hydrogens (tertiary/aromatic N) is 2. The summed E-state index contributed by atoms with van der Waals surface area (Å²) in [4.78, 5) is 25.6. The Morgan fingerprint density at radius 1 is 1.07 bits per heavy atom. The van der Waals surface area contributed by atoms with E-state index in [2.05, 4.69) is 10.9 Å². The van der Waals surface area contributed by atoms with Crippen LogP contribution >= 0.6 is 0 Å². The minimum Gasteiger partial charge on any atom is -0.293 e. The van der Waals surface area contributed by atoms with E-state index in [0.29, 0.717) is 6.42 Å². The molecule has 1 aromatic rings. The van der Waals surface area contributed by atoms with E-state index < -0.39 is 38.2 Å². The van der Waals surface area contributed by atoms with E-state index in [0.717, 1.165) is 9.87 Å². The molecule has 1 atom stereocenters. The molecule has 0 bridgehead atoms. The van der Waals surface area contributed by atoms with Gasteiger partial charge in [0, 0.05) is 13.1 Å². The van der Waals surface area contributed by atoms with Gasteiger partial charge < -0.3 is 0 Å². The maximum atomic E-state index is 12.5. The van der Waals surface area contributed by atoms with Gasteiger partial charge >= 0.3 is 0 Å². The summed E-state index contributed by atoms with van der Waals surface area (Å²) in [5.74, 6) is -1.13. The van der Waals surface area contributed by atoms with Crippen molar-refractivity contribution in [3.8, 4) is 0 Å². The van der Waals surface area contributed by atoms with Gasteiger partial charge in [-0.15, -0.1) is 0 Å². The Hall–Kier alpha value is -2.02. The summed E-state index contributed by atoms with van der Waals surface area (Å²) in [5, 5.41) is 0. The number of nitrogens with one attached hydrogen (secondary N) is 2. The van der Waals surface area contributed by atoms with Crippen molar-refractivity contribution in [3.63, 3.8) is 0 Å². The van der Waals surface area contributed by atoms with Crippen LogP contribution in [0.4, 0.5) is 0 Å². The van der Waals surface area contributed by atoms with Gasteiger partial charge in [-0.1, -0.05) is 17.7 Å². The van der Waals surface area contributed by atoms with Gasteiger partial charge in [0.15, 0.2) is 9.84 Å². The van der Waals surface area contributed by atoms with E-state index in [1.807, 2.05) is 6.92 Å². The minimum atomic E-state index is -3.84. The highest BCUT2D eigenvalue weighted by molar-refractivity contribution is 7.91. The number of hydrogen-bond donors (Lipinski definition) is 2. The number of sulfone groups is 1. The number of rotatable bonds is 7. The smallest absolute Gasteiger partial charge is 0.253 e. The molecule has 0 aromatic heterocycles. The highest BCUT2D eigenvalue weighted by atomic mass is 32.2. The van der Waals surface area contributed by atoms with Gasteiger partial charge in [0.1, 0.15) is 0 Å². The van der Waals surface area contributed by atoms with Gasteiger partial charge in [-0.25, -0.2) is 16.8 Å². The number of amides is 2. The van der Waals surface area contributed by atoms with Crippen LogP contribution in [-0.4, -0.2) is 82.6 Å². The van der Waals surface area contributed by atoms with Crippen LogP contribution in [0.25, 0.3) is 0 Å². The Morgan fingerprint density at radius 3 is 2.14 bits per heavy atom. The second kappa shape index (κ2) is 9.20. The molecule has 2 amide bonds. The lowest BCUT2D eigenvalue weighted by Gasteiger charge is -2.22. The summed E-state index contributed by atoms with van der Waals surface area (Å²) in [6, 6.07) is 5.99. The molecule has 10 nitrogen and oxygen atoms in total. The Labute approximate surface area is 171 Å². The Morgan fingerprint density at radius 2 is 1.62 bits per heavy atom. The molecule has 1 fully saturated rings. The van der Waals surface area contributed by atoms with Crippen LogP contribution in [0.1, 0.15) is 12.0 Å². The van der Waals surface area contributed by atoms with Crippen LogP contribution in [0.5, 0.6) is 0 Å². The highest BCUT2D eigenvalue weighted by Crippen LogP contribution is 2.16. The van der Waals surface area contributed by atoms with Crippen molar-refractivity contribution in [1.29, 1.82) is 0 Å². The topological polar surface area (TPSA) is 133 Å². The predicted molar refractivity (Wildman–Crippen MR) is 107 cm³/mol. The molecule has 29 heavy (non-hydrogen) atoms. The first-order chi connectivity index (χ1) is 13.4. The first-order valence-corrected chi connectivity index (χ1v) is 12.2. The van der Waals surface area contributed by atoms with Crippen molar-refractivity contribution in [2.24, 2.45) is 0 Å². The fraction of sp³-hybridized carbons (Fsp3) is 0.529. The molecule has 2 N–H and O–H groups in total. The molecular weight excluding hydrogens is 420 g/mol. The molecule has 1 aliphatic rings. The van der Waals surface area contributed by atoms with Gasteiger partial charge in [-0.2, -0.15) is 4.31 Å². The maximum Gasteiger partial charge on any atom is 0.253 e. The lowest BCUT2D eigenvalue weighted by Crippen LogP contribution is -2.50. The lowest BCUT2D eigenvalue weighted by atomic mass is 10.2. The lowest BCUT2D eigenvalue weighted by molar-refractivity contribution is -0.129. The normalized spacial score (nSPS) is 18.7. The number of aryl methyl sites for hydroxylation is 1. The Kier molecular flexibility index (Phi) is 7.38. The third kappa shape index (κ3) is 6.49. The van der Waals surface area contributed by atoms with Gasteiger partial charge in [0.2, 0.25) is 10.0 Å². The van der Waals surface area contributed by atoms with E-state index in [4.69, 9.17) is 0 Å². The molecule has 1 aliphatic heterocycles. The maximum absolute atomic E-state index is 12.5. The summed E-state index contributed by atoms with van der Waals surface area (Å²) in [6.07, 6.45) is 0.458. The summed E-state index contributed by atoms with van der Waals surface area (Å²) in [5.41, 5.74) is 5.29. The van der Waals surface area contributed by atoms with Gasteiger partial charge in [-0.05, 0) is 32.5 Å². The van der Waals surface area contributed by atoms with E-state index in [9.17, 15) is 26.4 Å². The van der Waals surface area contributed by atoms with E-state index in [1.54, 1.807) is 24.1 Å². The van der Waals surface area contributed by atoms with Crippen molar-refractivity contribution in [1.82, 2.24) is 20.1 Å². The number of benzene rings is 1. The van der Waals surface area contributed by atoms with Gasteiger partial charge in [0.25, 0.3) is 11.8 Å². The number of carbonyl (C=O) groups is 2. The Balaban J connectivity index is 1.81. The van der Waals surface area contributed by atoms with Crippen molar-refractivity contribution in [2.75, 3.05) is 38.7 Å². The first-order valence-electron chi connectivity index (χ1n) is 8.92. The molecular formula is C17H26N4O6S2. The zero-order chi connectivity index (χ0) is 21.8. The summed E-state index contributed by atoms with van der Waals surface area (Å²) >= 11 is 0. The third-order valence-electron chi connectivity index (χ3n) is 4.66. The number of sulfonamides is 1. The average molecular weight is 447 g/mol. The van der Waals surface area contributed by atoms with E-state index in [1.165, 1.54) is 19.2 Å². The summed E-state index contributed by atoms with van der Waals surface area (Å²) in [7, 11) is -3.99. The number of carbonyl (C=O) groups excluding carboxylic acids is 2. The molecule has 0 radical (unpaired) electrons. The van der Waals surface area contributed by atoms with Crippen LogP contribution in [0.3, 0.4) is 0 Å². The molecule has 0 saturated carbocycles. The predicted octanol–water partition coefficient (Wildman–Crippen LogP) is -1.12. The van der Waals surface area contributed by atoms with Crippen molar-refractivity contribution in [3.05, 3.63) is 29.8 Å². The molecule has 0 spiro atoms. The van der Waals surface area contributed by atoms with Crippen molar-refractivity contribution in [2.45, 2.75) is 24.3 Å². The fourth-order valence-electron chi connectivity index (χ4n) is 2.87. The van der Waals surface area contributed by atoms with E-state index in [-0.39, 0.29) is 29.0 Å². The zero-order valence-electron chi connectivity index (χ0n) is 16.6. The average Bonchev–Trinajstić information content (AvgIpc) is 3.00. The van der Waals surface area contributed by atoms with Crippen molar-refractivity contribution < 1.29 is 26.4 Å². The number of hydrazine groups is 1. The van der Waals surface area contributed by atoms with Crippen LogP contribution in [0.2, 0.25) is 0 Å². The largest absolute Gasteiger partial charge is 0.293 e. The molecule has 1 aromatic carbocycles. The van der Waals surface area contributed by atoms with Crippen LogP contribution in [0, 0.1) is 6.92 Å². The second-order valence-electron chi connectivity index (χ2n) is 7.14. The van der Waals surface area contributed by atoms with E-state index >= 15 is 0 Å². The van der Waals surface area contributed by atoms with Gasteiger partial charge in [0.05, 0.1) is 29.5 Å². The third-order valence-corrected chi connectivity index (χ3v) is 8.23. The fourth-order valence-corrected chi connectivity index (χ4v) is 5.81.